The van der Waals surface area contributed by atoms with Gasteiger partial charge in [0.2, 0.25) is 0 Å². The molecule has 0 aliphatic carbocycles. The lowest BCUT2D eigenvalue weighted by atomic mass is 10.1. The maximum Gasteiger partial charge on any atom is 0.140 e. The molecule has 0 bridgehead atoms. The largest absolute Gasteiger partial charge is 0.506 e. The van der Waals surface area contributed by atoms with Gasteiger partial charge >= 0.3 is 0 Å². The van der Waals surface area contributed by atoms with Crippen LogP contribution in [0.5, 0.6) is 5.75 Å². The molecule has 1 aromatic carbocycles. The zero-order valence-electron chi connectivity index (χ0n) is 14.4. The first kappa shape index (κ1) is 19.6. The van der Waals surface area contributed by atoms with E-state index < -0.39 is 12.2 Å². The number of unbranched alkanes of at least 4 members (excludes halogenated alkanes) is 2. The second-order valence-electron chi connectivity index (χ2n) is 6.05. The lowest BCUT2D eigenvalue weighted by molar-refractivity contribution is 0.173. The van der Waals surface area contributed by atoms with Crippen molar-refractivity contribution in [2.24, 2.45) is 0 Å². The second kappa shape index (κ2) is 11.1. The molecule has 132 valence electrons. The van der Waals surface area contributed by atoms with E-state index in [-0.39, 0.29) is 5.75 Å². The highest BCUT2D eigenvalue weighted by molar-refractivity contribution is 5.75. The van der Waals surface area contributed by atoms with E-state index in [1.807, 2.05) is 6.07 Å². The molecule has 0 saturated heterocycles. The van der Waals surface area contributed by atoms with Gasteiger partial charge in [-0.25, -0.2) is 0 Å². The van der Waals surface area contributed by atoms with Crippen LogP contribution in [-0.2, 0) is 0 Å². The summed E-state index contributed by atoms with van der Waals surface area (Å²) in [5.41, 5.74) is 1.31. The molecule has 0 aliphatic rings. The van der Waals surface area contributed by atoms with Gasteiger partial charge in [-0.1, -0.05) is 45.6 Å². The SMILES string of the molecule is CCCCC(O)CNc1cccc(O)c1NCC(O)CCCC. The Bertz CT molecular complexity index is 440. The van der Waals surface area contributed by atoms with E-state index in [0.29, 0.717) is 18.8 Å². The summed E-state index contributed by atoms with van der Waals surface area (Å²) in [4.78, 5) is 0. The molecule has 0 aliphatic heterocycles. The number of nitrogens with one attached hydrogen (secondary N) is 2. The fourth-order valence-corrected chi connectivity index (χ4v) is 2.40. The van der Waals surface area contributed by atoms with Crippen LogP contribution in [0.15, 0.2) is 18.2 Å². The highest BCUT2D eigenvalue weighted by Gasteiger charge is 2.11. The van der Waals surface area contributed by atoms with Gasteiger partial charge < -0.3 is 26.0 Å². The Kier molecular flexibility index (Phi) is 9.48. The van der Waals surface area contributed by atoms with E-state index in [4.69, 9.17) is 0 Å². The van der Waals surface area contributed by atoms with Gasteiger partial charge in [-0.05, 0) is 25.0 Å². The highest BCUT2D eigenvalue weighted by atomic mass is 16.3. The Morgan fingerprint density at radius 2 is 1.48 bits per heavy atom. The van der Waals surface area contributed by atoms with Gasteiger partial charge in [0.05, 0.1) is 17.9 Å². The van der Waals surface area contributed by atoms with Crippen molar-refractivity contribution >= 4 is 11.4 Å². The average Bonchev–Trinajstić information content (AvgIpc) is 2.55. The van der Waals surface area contributed by atoms with Gasteiger partial charge in [0.25, 0.3) is 0 Å². The maximum absolute atomic E-state index is 10.0. The van der Waals surface area contributed by atoms with Gasteiger partial charge in [-0.2, -0.15) is 0 Å². The first-order valence-electron chi connectivity index (χ1n) is 8.74. The molecule has 2 unspecified atom stereocenters. The smallest absolute Gasteiger partial charge is 0.140 e. The van der Waals surface area contributed by atoms with Crippen LogP contribution in [-0.4, -0.2) is 40.6 Å². The quantitative estimate of drug-likeness (QED) is 0.381. The van der Waals surface area contributed by atoms with Crippen molar-refractivity contribution in [2.75, 3.05) is 23.7 Å². The van der Waals surface area contributed by atoms with E-state index in [0.717, 1.165) is 44.2 Å². The summed E-state index contributed by atoms with van der Waals surface area (Å²) in [5, 5.41) is 36.2. The van der Waals surface area contributed by atoms with Crippen LogP contribution >= 0.6 is 0 Å². The molecule has 5 heteroatoms. The van der Waals surface area contributed by atoms with Gasteiger partial charge in [0, 0.05) is 13.1 Å². The summed E-state index contributed by atoms with van der Waals surface area (Å²) in [5.74, 6) is 0.140. The minimum atomic E-state index is -0.433. The summed E-state index contributed by atoms with van der Waals surface area (Å²) >= 11 is 0. The van der Waals surface area contributed by atoms with Crippen molar-refractivity contribution in [2.45, 2.75) is 64.6 Å². The van der Waals surface area contributed by atoms with Crippen LogP contribution in [0, 0.1) is 0 Å². The molecule has 23 heavy (non-hydrogen) atoms. The van der Waals surface area contributed by atoms with Gasteiger partial charge in [0.15, 0.2) is 0 Å². The molecular formula is C18H32N2O3. The maximum atomic E-state index is 10.0. The predicted octanol–water partition coefficient (Wildman–Crippen LogP) is 3.32. The summed E-state index contributed by atoms with van der Waals surface area (Å²) in [7, 11) is 0. The number of benzene rings is 1. The molecule has 0 fully saturated rings. The zero-order valence-corrected chi connectivity index (χ0v) is 14.4. The number of aliphatic hydroxyl groups is 2. The van der Waals surface area contributed by atoms with E-state index in [1.54, 1.807) is 12.1 Å². The van der Waals surface area contributed by atoms with Crippen molar-refractivity contribution in [3.8, 4) is 5.75 Å². The van der Waals surface area contributed by atoms with Crippen molar-refractivity contribution in [3.63, 3.8) is 0 Å². The van der Waals surface area contributed by atoms with E-state index in [2.05, 4.69) is 24.5 Å². The number of hydrogen-bond donors (Lipinski definition) is 5. The van der Waals surface area contributed by atoms with Crippen LogP contribution in [0.25, 0.3) is 0 Å². The van der Waals surface area contributed by atoms with Crippen molar-refractivity contribution in [1.29, 1.82) is 0 Å². The van der Waals surface area contributed by atoms with Crippen LogP contribution in [0.2, 0.25) is 0 Å². The normalized spacial score (nSPS) is 13.6. The number of phenolic OH excluding ortho intramolecular Hbond substituents is 1. The first-order valence-corrected chi connectivity index (χ1v) is 8.74. The van der Waals surface area contributed by atoms with Crippen LogP contribution in [0.4, 0.5) is 11.4 Å². The zero-order chi connectivity index (χ0) is 17.1. The number of para-hydroxylation sites is 1. The molecule has 5 nitrogen and oxygen atoms in total. The molecule has 5 N–H and O–H groups in total. The Hall–Kier alpha value is -1.46. The molecule has 2 atom stereocenters. The third-order valence-corrected chi connectivity index (χ3v) is 3.87. The van der Waals surface area contributed by atoms with Crippen molar-refractivity contribution in [3.05, 3.63) is 18.2 Å². The Balaban J connectivity index is 2.57. The minimum Gasteiger partial charge on any atom is -0.506 e. The van der Waals surface area contributed by atoms with Crippen LogP contribution in [0.1, 0.15) is 52.4 Å². The molecule has 0 radical (unpaired) electrons. The van der Waals surface area contributed by atoms with Crippen LogP contribution < -0.4 is 10.6 Å². The minimum absolute atomic E-state index is 0.140. The third-order valence-electron chi connectivity index (χ3n) is 3.87. The number of aliphatic hydroxyl groups excluding tert-OH is 2. The predicted molar refractivity (Wildman–Crippen MR) is 96.1 cm³/mol. The Morgan fingerprint density at radius 3 is 2.04 bits per heavy atom. The molecule has 0 aromatic heterocycles. The fourth-order valence-electron chi connectivity index (χ4n) is 2.40. The molecule has 0 saturated carbocycles. The van der Waals surface area contributed by atoms with Crippen molar-refractivity contribution in [1.82, 2.24) is 0 Å². The standard InChI is InChI=1S/C18H32N2O3/c1-3-5-8-14(21)12-19-16-10-7-11-17(23)18(16)20-13-15(22)9-6-4-2/h7,10-11,14-15,19-23H,3-6,8-9,12-13H2,1-2H3. The molecule has 1 aromatic rings. The monoisotopic (exact) mass is 324 g/mol. The number of rotatable bonds is 12. The Labute approximate surface area is 139 Å². The first-order chi connectivity index (χ1) is 11.1. The van der Waals surface area contributed by atoms with E-state index in [1.165, 1.54) is 0 Å². The third kappa shape index (κ3) is 7.57. The molecule has 0 amide bonds. The number of aromatic hydroxyl groups is 1. The summed E-state index contributed by atoms with van der Waals surface area (Å²) in [6.45, 7) is 5.03. The van der Waals surface area contributed by atoms with E-state index >= 15 is 0 Å². The molecule has 1 rings (SSSR count). The topological polar surface area (TPSA) is 84.8 Å². The molecule has 0 heterocycles. The number of anilines is 2. The lowest BCUT2D eigenvalue weighted by Gasteiger charge is -2.19. The average molecular weight is 324 g/mol. The lowest BCUT2D eigenvalue weighted by Crippen LogP contribution is -2.22. The summed E-state index contributed by atoms with van der Waals surface area (Å²) < 4.78 is 0. The fraction of sp³-hybridized carbons (Fsp3) is 0.667. The number of phenols is 1. The van der Waals surface area contributed by atoms with Crippen LogP contribution in [0.3, 0.4) is 0 Å². The highest BCUT2D eigenvalue weighted by Crippen LogP contribution is 2.31. The van der Waals surface area contributed by atoms with Gasteiger partial charge in [-0.3, -0.25) is 0 Å². The van der Waals surface area contributed by atoms with Gasteiger partial charge in [-0.15, -0.1) is 0 Å². The molecular weight excluding hydrogens is 292 g/mol. The van der Waals surface area contributed by atoms with E-state index in [9.17, 15) is 15.3 Å². The van der Waals surface area contributed by atoms with Crippen molar-refractivity contribution < 1.29 is 15.3 Å². The van der Waals surface area contributed by atoms with Gasteiger partial charge in [0.1, 0.15) is 11.4 Å². The summed E-state index contributed by atoms with van der Waals surface area (Å²) in [6, 6.07) is 5.22. The molecule has 0 spiro atoms. The Morgan fingerprint density at radius 1 is 0.913 bits per heavy atom. The number of hydrogen-bond acceptors (Lipinski definition) is 5. The summed E-state index contributed by atoms with van der Waals surface area (Å²) in [6.07, 6.45) is 4.77. The second-order valence-corrected chi connectivity index (χ2v) is 6.05.